The predicted octanol–water partition coefficient (Wildman–Crippen LogP) is 4.02. The number of carbonyl (C=O) groups excluding carboxylic acids is 1. The van der Waals surface area contributed by atoms with Crippen molar-refractivity contribution in [3.05, 3.63) is 39.6 Å². The highest BCUT2D eigenvalue weighted by molar-refractivity contribution is 7.21. The fourth-order valence-electron chi connectivity index (χ4n) is 1.51. The van der Waals surface area contributed by atoms with E-state index in [9.17, 15) is 4.79 Å². The van der Waals surface area contributed by atoms with E-state index in [1.54, 1.807) is 6.92 Å². The molecule has 5 nitrogen and oxygen atoms in total. The van der Waals surface area contributed by atoms with Gasteiger partial charge in [-0.2, -0.15) is 0 Å². The molecule has 2 rings (SSSR count). The molecule has 6 heteroatoms. The molecule has 0 amide bonds. The molecule has 0 radical (unpaired) electrons. The third-order valence-corrected chi connectivity index (χ3v) is 3.31. The summed E-state index contributed by atoms with van der Waals surface area (Å²) < 4.78 is 5.83. The lowest BCUT2D eigenvalue weighted by molar-refractivity contribution is 0.0533. The van der Waals surface area contributed by atoms with E-state index in [-0.39, 0.29) is 0 Å². The Balaban J connectivity index is 2.65. The summed E-state index contributed by atoms with van der Waals surface area (Å²) in [5.41, 5.74) is 8.90. The first-order valence-electron chi connectivity index (χ1n) is 5.01. The molecule has 2 aromatic rings. The molecule has 0 fully saturated rings. The Hall–Kier alpha value is -2.04. The normalized spacial score (nSPS) is 9.94. The van der Waals surface area contributed by atoms with Crippen molar-refractivity contribution >= 4 is 33.1 Å². The standard InChI is InChI=1S/C11H9N3O2S/c1-2-16-11(15)10-9(13-14-12)7-5-3-4-6-8(7)17-10/h3-6H,2H2,1H3. The fraction of sp³-hybridized carbons (Fsp3) is 0.182. The van der Waals surface area contributed by atoms with Crippen LogP contribution in [0.3, 0.4) is 0 Å². The maximum atomic E-state index is 11.7. The number of rotatable bonds is 3. The van der Waals surface area contributed by atoms with Gasteiger partial charge in [0.1, 0.15) is 4.88 Å². The summed E-state index contributed by atoms with van der Waals surface area (Å²) in [7, 11) is 0. The number of benzene rings is 1. The van der Waals surface area contributed by atoms with Crippen LogP contribution in [0.2, 0.25) is 0 Å². The van der Waals surface area contributed by atoms with Crippen molar-refractivity contribution < 1.29 is 9.53 Å². The lowest BCUT2D eigenvalue weighted by Gasteiger charge is -1.98. The van der Waals surface area contributed by atoms with E-state index in [1.807, 2.05) is 24.3 Å². The largest absolute Gasteiger partial charge is 0.462 e. The van der Waals surface area contributed by atoms with Crippen LogP contribution in [0, 0.1) is 0 Å². The molecule has 0 unspecified atom stereocenters. The summed E-state index contributed by atoms with van der Waals surface area (Å²) in [6.45, 7) is 2.03. The summed E-state index contributed by atoms with van der Waals surface area (Å²) in [5.74, 6) is -0.448. The first-order valence-corrected chi connectivity index (χ1v) is 5.83. The van der Waals surface area contributed by atoms with Crippen LogP contribution in [-0.2, 0) is 4.74 Å². The van der Waals surface area contributed by atoms with Crippen LogP contribution in [0.4, 0.5) is 5.69 Å². The Morgan fingerprint density at radius 3 is 3.00 bits per heavy atom. The topological polar surface area (TPSA) is 75.1 Å². The number of thiophene rings is 1. The second-order valence-corrected chi connectivity index (χ2v) is 4.24. The third kappa shape index (κ3) is 2.08. The monoisotopic (exact) mass is 247 g/mol. The molecule has 1 heterocycles. The first-order chi connectivity index (χ1) is 8.27. The first kappa shape index (κ1) is 11.4. The molecule has 0 saturated carbocycles. The van der Waals surface area contributed by atoms with Crippen LogP contribution in [0.5, 0.6) is 0 Å². The van der Waals surface area contributed by atoms with E-state index in [1.165, 1.54) is 11.3 Å². The Kier molecular flexibility index (Phi) is 3.27. The Morgan fingerprint density at radius 2 is 2.29 bits per heavy atom. The Bertz CT molecular complexity index is 614. The van der Waals surface area contributed by atoms with Crippen LogP contribution in [0.25, 0.3) is 20.5 Å². The quantitative estimate of drug-likeness (QED) is 0.355. The van der Waals surface area contributed by atoms with E-state index in [0.717, 1.165) is 10.1 Å². The van der Waals surface area contributed by atoms with Crippen molar-refractivity contribution in [2.75, 3.05) is 6.61 Å². The number of azide groups is 1. The summed E-state index contributed by atoms with van der Waals surface area (Å²) in [6, 6.07) is 7.39. The van der Waals surface area contributed by atoms with Gasteiger partial charge in [-0.05, 0) is 18.5 Å². The molecule has 0 N–H and O–H groups in total. The zero-order chi connectivity index (χ0) is 12.3. The SMILES string of the molecule is CCOC(=O)c1sc2ccccc2c1N=[N+]=[N-]. The number of nitrogens with zero attached hydrogens (tertiary/aromatic N) is 3. The van der Waals surface area contributed by atoms with Crippen LogP contribution in [-0.4, -0.2) is 12.6 Å². The molecular formula is C11H9N3O2S. The number of hydrogen-bond acceptors (Lipinski definition) is 4. The molecule has 17 heavy (non-hydrogen) atoms. The maximum absolute atomic E-state index is 11.7. The molecule has 0 aliphatic heterocycles. The highest BCUT2D eigenvalue weighted by atomic mass is 32.1. The van der Waals surface area contributed by atoms with Gasteiger partial charge >= 0.3 is 5.97 Å². The number of ether oxygens (including phenoxy) is 1. The second kappa shape index (κ2) is 4.86. The summed E-state index contributed by atoms with van der Waals surface area (Å²) in [5, 5.41) is 4.36. The zero-order valence-corrected chi connectivity index (χ0v) is 9.90. The molecular weight excluding hydrogens is 238 g/mol. The lowest BCUT2D eigenvalue weighted by Crippen LogP contribution is -2.01. The zero-order valence-electron chi connectivity index (χ0n) is 9.08. The molecule has 0 saturated heterocycles. The van der Waals surface area contributed by atoms with E-state index in [0.29, 0.717) is 17.2 Å². The van der Waals surface area contributed by atoms with Gasteiger partial charge in [0, 0.05) is 15.0 Å². The Morgan fingerprint density at radius 1 is 1.53 bits per heavy atom. The smallest absolute Gasteiger partial charge is 0.348 e. The average Bonchev–Trinajstić information content (AvgIpc) is 2.70. The van der Waals surface area contributed by atoms with Gasteiger partial charge in [0.05, 0.1) is 12.3 Å². The van der Waals surface area contributed by atoms with Gasteiger partial charge in [-0.3, -0.25) is 0 Å². The maximum Gasteiger partial charge on any atom is 0.348 e. The van der Waals surface area contributed by atoms with Gasteiger partial charge in [-0.15, -0.1) is 11.3 Å². The third-order valence-electron chi connectivity index (χ3n) is 2.17. The van der Waals surface area contributed by atoms with Crippen molar-refractivity contribution in [3.63, 3.8) is 0 Å². The van der Waals surface area contributed by atoms with Gasteiger partial charge in [-0.25, -0.2) is 4.79 Å². The molecule has 0 aliphatic carbocycles. The van der Waals surface area contributed by atoms with Crippen LogP contribution < -0.4 is 0 Å². The van der Waals surface area contributed by atoms with E-state index < -0.39 is 5.97 Å². The molecule has 1 aromatic heterocycles. The molecule has 86 valence electrons. The number of esters is 1. The van der Waals surface area contributed by atoms with Gasteiger partial charge in [-0.1, -0.05) is 23.3 Å². The second-order valence-electron chi connectivity index (χ2n) is 3.19. The van der Waals surface area contributed by atoms with Crippen LogP contribution >= 0.6 is 11.3 Å². The van der Waals surface area contributed by atoms with Crippen molar-refractivity contribution in [1.82, 2.24) is 0 Å². The van der Waals surface area contributed by atoms with Gasteiger partial charge in [0.25, 0.3) is 0 Å². The summed E-state index contributed by atoms with van der Waals surface area (Å²) in [4.78, 5) is 14.8. The highest BCUT2D eigenvalue weighted by Gasteiger charge is 2.17. The molecule has 0 atom stereocenters. The van der Waals surface area contributed by atoms with Gasteiger partial charge < -0.3 is 4.74 Å². The minimum atomic E-state index is -0.448. The van der Waals surface area contributed by atoms with Gasteiger partial charge in [0.2, 0.25) is 0 Å². The van der Waals surface area contributed by atoms with Crippen molar-refractivity contribution in [1.29, 1.82) is 0 Å². The lowest BCUT2D eigenvalue weighted by atomic mass is 10.2. The number of fused-ring (bicyclic) bond motifs is 1. The van der Waals surface area contributed by atoms with Crippen molar-refractivity contribution in [3.8, 4) is 0 Å². The van der Waals surface area contributed by atoms with Crippen molar-refractivity contribution in [2.45, 2.75) is 6.92 Å². The minimum absolute atomic E-state index is 0.294. The summed E-state index contributed by atoms with van der Waals surface area (Å²) >= 11 is 1.27. The van der Waals surface area contributed by atoms with Gasteiger partial charge in [0.15, 0.2) is 0 Å². The Labute approximate surface area is 101 Å². The van der Waals surface area contributed by atoms with Crippen molar-refractivity contribution in [2.24, 2.45) is 5.11 Å². The van der Waals surface area contributed by atoms with E-state index in [2.05, 4.69) is 10.0 Å². The molecule has 1 aromatic carbocycles. The van der Waals surface area contributed by atoms with Crippen LogP contribution in [0.15, 0.2) is 29.4 Å². The molecule has 0 spiro atoms. The van der Waals surface area contributed by atoms with Crippen LogP contribution in [0.1, 0.15) is 16.6 Å². The molecule has 0 bridgehead atoms. The number of hydrogen-bond donors (Lipinski definition) is 0. The molecule has 0 aliphatic rings. The van der Waals surface area contributed by atoms with E-state index in [4.69, 9.17) is 10.3 Å². The number of carbonyl (C=O) groups is 1. The van der Waals surface area contributed by atoms with E-state index >= 15 is 0 Å². The summed E-state index contributed by atoms with van der Waals surface area (Å²) in [6.07, 6.45) is 0. The fourth-order valence-corrected chi connectivity index (χ4v) is 2.54. The minimum Gasteiger partial charge on any atom is -0.462 e. The average molecular weight is 247 g/mol. The predicted molar refractivity (Wildman–Crippen MR) is 66.6 cm³/mol. The highest BCUT2D eigenvalue weighted by Crippen LogP contribution is 2.38.